The largest absolute Gasteiger partial charge is 0.331 e. The number of alkyl halides is 2. The van der Waals surface area contributed by atoms with Gasteiger partial charge in [-0.1, -0.05) is 23.9 Å². The number of rotatable bonds is 5. The van der Waals surface area contributed by atoms with Crippen LogP contribution in [0.3, 0.4) is 0 Å². The Kier molecular flexibility index (Phi) is 6.79. The summed E-state index contributed by atoms with van der Waals surface area (Å²) in [5, 5.41) is 7.46. The number of benzene rings is 1. The van der Waals surface area contributed by atoms with Crippen LogP contribution in [0.5, 0.6) is 0 Å². The van der Waals surface area contributed by atoms with Gasteiger partial charge in [-0.3, -0.25) is 5.43 Å². The molecule has 2 N–H and O–H groups in total. The van der Waals surface area contributed by atoms with Crippen LogP contribution in [-0.4, -0.2) is 17.1 Å². The summed E-state index contributed by atoms with van der Waals surface area (Å²) in [5.74, 6) is -1.96. The van der Waals surface area contributed by atoms with E-state index in [9.17, 15) is 8.78 Å². The molecule has 118 valence electrons. The average Bonchev–Trinajstić information content (AvgIpc) is 2.50. The minimum atomic E-state index is -2.41. The van der Waals surface area contributed by atoms with Gasteiger partial charge in [-0.25, -0.2) is 0 Å². The second kappa shape index (κ2) is 8.85. The molecule has 3 nitrogen and oxygen atoms in total. The lowest BCUT2D eigenvalue weighted by Gasteiger charge is -2.12. The van der Waals surface area contributed by atoms with Gasteiger partial charge >= 0.3 is 0 Å². The highest BCUT2D eigenvalue weighted by atomic mass is 32.2. The number of halogens is 2. The minimum absolute atomic E-state index is 0.372. The summed E-state index contributed by atoms with van der Waals surface area (Å²) in [6.07, 6.45) is 9.41. The van der Waals surface area contributed by atoms with E-state index in [1.165, 1.54) is 0 Å². The molecule has 1 aliphatic rings. The van der Waals surface area contributed by atoms with Crippen LogP contribution in [-0.2, 0) is 0 Å². The van der Waals surface area contributed by atoms with Crippen molar-refractivity contribution in [3.8, 4) is 0 Å². The molecule has 0 aromatic heterocycles. The van der Waals surface area contributed by atoms with E-state index in [2.05, 4.69) is 28.0 Å². The molecular formula is C15H17F2N3S2. The van der Waals surface area contributed by atoms with Gasteiger partial charge in [-0.05, 0) is 61.7 Å². The molecule has 0 radical (unpaired) electrons. The number of hydrogen-bond acceptors (Lipinski definition) is 3. The molecular weight excluding hydrogens is 324 g/mol. The highest BCUT2D eigenvalue weighted by Gasteiger charge is 2.07. The molecule has 2 rings (SSSR count). The summed E-state index contributed by atoms with van der Waals surface area (Å²) in [6.45, 7) is 0. The minimum Gasteiger partial charge on any atom is -0.331 e. The molecule has 7 heteroatoms. The summed E-state index contributed by atoms with van der Waals surface area (Å²) < 4.78 is 24.4. The predicted octanol–water partition coefficient (Wildman–Crippen LogP) is 4.63. The summed E-state index contributed by atoms with van der Waals surface area (Å²) in [4.78, 5) is 0.516. The number of thioether (sulfide) groups is 1. The third-order valence-corrected chi connectivity index (χ3v) is 4.01. The maximum atomic E-state index is 12.2. The number of nitrogens with one attached hydrogen (secondary N) is 2. The van der Waals surface area contributed by atoms with Crippen LogP contribution in [0.25, 0.3) is 0 Å². The van der Waals surface area contributed by atoms with Crippen LogP contribution < -0.4 is 10.7 Å². The summed E-state index contributed by atoms with van der Waals surface area (Å²) in [6, 6.07) is 6.65. The van der Waals surface area contributed by atoms with Crippen LogP contribution in [0.2, 0.25) is 0 Å². The fourth-order valence-electron chi connectivity index (χ4n) is 2.03. The first-order valence-corrected chi connectivity index (χ1v) is 8.22. The molecule has 0 bridgehead atoms. The third kappa shape index (κ3) is 6.11. The van der Waals surface area contributed by atoms with Crippen LogP contribution in [0.15, 0.2) is 46.4 Å². The molecule has 0 spiro atoms. The van der Waals surface area contributed by atoms with Gasteiger partial charge in [0.1, 0.15) is 0 Å². The van der Waals surface area contributed by atoms with E-state index >= 15 is 0 Å². The van der Waals surface area contributed by atoms with Crippen LogP contribution in [0, 0.1) is 5.92 Å². The molecule has 0 fully saturated rings. The summed E-state index contributed by atoms with van der Waals surface area (Å²) in [7, 11) is 0. The standard InChI is InChI=1S/C15H17F2N3S2/c16-14(17)22-13-8-6-12(7-9-13)19-15(21)20-18-10-11-4-2-1-3-5-11/h1-2,6-11,14H,3-5H2,(H2,19,20,21)/b18-10+. The van der Waals surface area contributed by atoms with E-state index in [4.69, 9.17) is 12.2 Å². The zero-order valence-corrected chi connectivity index (χ0v) is 13.5. The van der Waals surface area contributed by atoms with Crippen molar-refractivity contribution in [3.05, 3.63) is 36.4 Å². The lowest BCUT2D eigenvalue weighted by molar-refractivity contribution is 0.252. The van der Waals surface area contributed by atoms with E-state index in [1.807, 2.05) is 6.21 Å². The zero-order valence-electron chi connectivity index (χ0n) is 11.8. The Morgan fingerprint density at radius 1 is 1.32 bits per heavy atom. The van der Waals surface area contributed by atoms with Gasteiger partial charge in [-0.15, -0.1) is 0 Å². The number of hydrazone groups is 1. The lowest BCUT2D eigenvalue weighted by atomic mass is 9.96. The summed E-state index contributed by atoms with van der Waals surface area (Å²) >= 11 is 5.65. The fraction of sp³-hybridized carbons (Fsp3) is 0.333. The second-order valence-electron chi connectivity index (χ2n) is 4.79. The van der Waals surface area contributed by atoms with Crippen LogP contribution >= 0.6 is 24.0 Å². The van der Waals surface area contributed by atoms with Crippen molar-refractivity contribution in [3.63, 3.8) is 0 Å². The normalized spacial score (nSPS) is 17.9. The van der Waals surface area contributed by atoms with E-state index in [-0.39, 0.29) is 0 Å². The Hall–Kier alpha value is -1.47. The van der Waals surface area contributed by atoms with Gasteiger partial charge in [0, 0.05) is 16.8 Å². The monoisotopic (exact) mass is 341 g/mol. The van der Waals surface area contributed by atoms with Gasteiger partial charge < -0.3 is 5.32 Å². The molecule has 0 saturated carbocycles. The number of anilines is 1. The average molecular weight is 341 g/mol. The number of nitrogens with zero attached hydrogens (tertiary/aromatic N) is 1. The molecule has 1 aliphatic carbocycles. The van der Waals surface area contributed by atoms with Crippen molar-refractivity contribution in [1.82, 2.24) is 5.43 Å². The van der Waals surface area contributed by atoms with Gasteiger partial charge in [0.05, 0.1) is 0 Å². The molecule has 0 amide bonds. The smallest absolute Gasteiger partial charge is 0.288 e. The second-order valence-corrected chi connectivity index (χ2v) is 6.26. The fourth-order valence-corrected chi connectivity index (χ4v) is 2.70. The molecule has 0 aliphatic heterocycles. The summed E-state index contributed by atoms with van der Waals surface area (Å²) in [5.41, 5.74) is 3.49. The quantitative estimate of drug-likeness (QED) is 0.269. The lowest BCUT2D eigenvalue weighted by Crippen LogP contribution is -2.24. The first kappa shape index (κ1) is 16.9. The van der Waals surface area contributed by atoms with Crippen LogP contribution in [0.1, 0.15) is 19.3 Å². The van der Waals surface area contributed by atoms with E-state index in [1.54, 1.807) is 24.3 Å². The molecule has 0 saturated heterocycles. The first-order valence-electron chi connectivity index (χ1n) is 6.93. The topological polar surface area (TPSA) is 36.4 Å². The highest BCUT2D eigenvalue weighted by Crippen LogP contribution is 2.26. The molecule has 22 heavy (non-hydrogen) atoms. The molecule has 1 aromatic carbocycles. The van der Waals surface area contributed by atoms with E-state index < -0.39 is 5.76 Å². The maximum absolute atomic E-state index is 12.2. The van der Waals surface area contributed by atoms with Crippen molar-refractivity contribution in [2.75, 3.05) is 5.32 Å². The molecule has 1 aromatic rings. The van der Waals surface area contributed by atoms with Gasteiger partial charge in [-0.2, -0.15) is 13.9 Å². The Bertz CT molecular complexity index is 544. The van der Waals surface area contributed by atoms with Crippen molar-refractivity contribution in [1.29, 1.82) is 0 Å². The molecule has 1 unspecified atom stereocenters. The Morgan fingerprint density at radius 3 is 2.73 bits per heavy atom. The van der Waals surface area contributed by atoms with Crippen LogP contribution in [0.4, 0.5) is 14.5 Å². The number of allylic oxidation sites excluding steroid dienone is 2. The molecule has 1 atom stereocenters. The Balaban J connectivity index is 1.76. The van der Waals surface area contributed by atoms with E-state index in [0.717, 1.165) is 24.9 Å². The Labute approximate surface area is 138 Å². The SMILES string of the molecule is FC(F)Sc1ccc(NC(=S)N/N=C/C2CC=CCC2)cc1. The molecule has 0 heterocycles. The predicted molar refractivity (Wildman–Crippen MR) is 92.6 cm³/mol. The van der Waals surface area contributed by atoms with Gasteiger partial charge in [0.2, 0.25) is 0 Å². The first-order chi connectivity index (χ1) is 10.6. The van der Waals surface area contributed by atoms with Crippen molar-refractivity contribution in [2.24, 2.45) is 11.0 Å². The van der Waals surface area contributed by atoms with Crippen molar-refractivity contribution >= 4 is 41.0 Å². The zero-order chi connectivity index (χ0) is 15.8. The van der Waals surface area contributed by atoms with Crippen molar-refractivity contribution in [2.45, 2.75) is 29.9 Å². The third-order valence-electron chi connectivity index (χ3n) is 3.10. The number of hydrogen-bond donors (Lipinski definition) is 2. The maximum Gasteiger partial charge on any atom is 0.288 e. The number of thiocarbonyl (C=S) groups is 1. The highest BCUT2D eigenvalue weighted by molar-refractivity contribution is 7.99. The van der Waals surface area contributed by atoms with E-state index in [0.29, 0.717) is 27.7 Å². The van der Waals surface area contributed by atoms with Gasteiger partial charge in [0.15, 0.2) is 5.11 Å². The Morgan fingerprint density at radius 2 is 2.09 bits per heavy atom. The van der Waals surface area contributed by atoms with Gasteiger partial charge in [0.25, 0.3) is 5.76 Å². The van der Waals surface area contributed by atoms with Crippen molar-refractivity contribution < 1.29 is 8.78 Å².